The fourth-order valence-electron chi connectivity index (χ4n) is 1.44. The molecule has 0 fully saturated rings. The molecule has 1 aromatic carbocycles. The molecule has 5 heteroatoms. The lowest BCUT2D eigenvalue weighted by atomic mass is 10.1. The van der Waals surface area contributed by atoms with E-state index in [0.717, 1.165) is 5.56 Å². The Labute approximate surface area is 91.7 Å². The molecule has 0 bridgehead atoms. The highest BCUT2D eigenvalue weighted by molar-refractivity contribution is 5.32. The smallest absolute Gasteiger partial charge is 0.268 e. The van der Waals surface area contributed by atoms with Gasteiger partial charge in [0.2, 0.25) is 0 Å². The van der Waals surface area contributed by atoms with Gasteiger partial charge in [-0.2, -0.15) is 5.26 Å². The van der Waals surface area contributed by atoms with Crippen LogP contribution in [-0.4, -0.2) is 9.78 Å². The van der Waals surface area contributed by atoms with E-state index >= 15 is 0 Å². The number of rotatable bonds is 2. The Morgan fingerprint density at radius 1 is 1.38 bits per heavy atom. The molecule has 0 spiro atoms. The number of nitrogen functional groups attached to an aromatic ring is 1. The van der Waals surface area contributed by atoms with Gasteiger partial charge in [-0.05, 0) is 17.7 Å². The van der Waals surface area contributed by atoms with Gasteiger partial charge in [0.1, 0.15) is 5.82 Å². The van der Waals surface area contributed by atoms with Gasteiger partial charge in [-0.15, -0.1) is 0 Å². The van der Waals surface area contributed by atoms with Crippen LogP contribution in [0.25, 0.3) is 0 Å². The molecule has 0 amide bonds. The van der Waals surface area contributed by atoms with Crippen molar-refractivity contribution in [2.24, 2.45) is 0 Å². The van der Waals surface area contributed by atoms with E-state index in [1.54, 1.807) is 12.1 Å². The zero-order valence-corrected chi connectivity index (χ0v) is 8.47. The van der Waals surface area contributed by atoms with Crippen molar-refractivity contribution >= 4 is 5.82 Å². The molecular weight excluding hydrogens is 204 g/mol. The molecule has 1 heterocycles. The van der Waals surface area contributed by atoms with Crippen molar-refractivity contribution in [1.29, 1.82) is 5.26 Å². The maximum absolute atomic E-state index is 11.4. The molecule has 0 radical (unpaired) electrons. The molecular formula is C11H10N4O. The molecule has 0 atom stereocenters. The predicted octanol–water partition coefficient (Wildman–Crippen LogP) is 0.679. The fourth-order valence-corrected chi connectivity index (χ4v) is 1.44. The summed E-state index contributed by atoms with van der Waals surface area (Å²) in [5.74, 6) is 0.346. The first kappa shape index (κ1) is 10.1. The molecule has 0 aliphatic carbocycles. The number of nitrogens with one attached hydrogen (secondary N) is 1. The predicted molar refractivity (Wildman–Crippen MR) is 59.7 cm³/mol. The molecule has 16 heavy (non-hydrogen) atoms. The van der Waals surface area contributed by atoms with Crippen molar-refractivity contribution in [3.63, 3.8) is 0 Å². The van der Waals surface area contributed by atoms with E-state index < -0.39 is 0 Å². The summed E-state index contributed by atoms with van der Waals surface area (Å²) in [5.41, 5.74) is 6.83. The largest absolute Gasteiger partial charge is 0.384 e. The van der Waals surface area contributed by atoms with E-state index in [1.165, 1.54) is 10.7 Å². The van der Waals surface area contributed by atoms with E-state index in [2.05, 4.69) is 5.10 Å². The highest BCUT2D eigenvalue weighted by Gasteiger charge is 2.01. The van der Waals surface area contributed by atoms with Gasteiger partial charge < -0.3 is 5.73 Å². The van der Waals surface area contributed by atoms with E-state index in [4.69, 9.17) is 11.0 Å². The number of nitrogens with zero attached hydrogens (tertiary/aromatic N) is 2. The maximum Gasteiger partial charge on any atom is 0.268 e. The van der Waals surface area contributed by atoms with Crippen molar-refractivity contribution < 1.29 is 0 Å². The van der Waals surface area contributed by atoms with Gasteiger partial charge in [0.05, 0.1) is 18.2 Å². The summed E-state index contributed by atoms with van der Waals surface area (Å²) in [6.45, 7) is 0.418. The molecule has 1 aromatic heterocycles. The number of nitriles is 1. The Balaban J connectivity index is 2.24. The molecule has 5 nitrogen and oxygen atoms in total. The van der Waals surface area contributed by atoms with Crippen LogP contribution in [0, 0.1) is 11.3 Å². The second kappa shape index (κ2) is 3.95. The first-order valence-corrected chi connectivity index (χ1v) is 4.73. The summed E-state index contributed by atoms with van der Waals surface area (Å²) in [7, 11) is 0. The molecule has 3 N–H and O–H groups in total. The average Bonchev–Trinajstić information content (AvgIpc) is 2.59. The number of aromatic nitrogens is 2. The minimum atomic E-state index is -0.165. The van der Waals surface area contributed by atoms with Gasteiger partial charge in [0, 0.05) is 6.07 Å². The van der Waals surface area contributed by atoms with Gasteiger partial charge in [-0.3, -0.25) is 9.89 Å². The van der Waals surface area contributed by atoms with Crippen LogP contribution in [0.4, 0.5) is 5.82 Å². The second-order valence-corrected chi connectivity index (χ2v) is 3.44. The van der Waals surface area contributed by atoms with E-state index in [9.17, 15) is 4.79 Å². The third kappa shape index (κ3) is 1.96. The van der Waals surface area contributed by atoms with E-state index in [1.807, 2.05) is 18.2 Å². The van der Waals surface area contributed by atoms with Crippen LogP contribution in [-0.2, 0) is 6.54 Å². The van der Waals surface area contributed by atoms with Crippen LogP contribution in [0.3, 0.4) is 0 Å². The van der Waals surface area contributed by atoms with Crippen LogP contribution < -0.4 is 11.3 Å². The Morgan fingerprint density at radius 3 is 2.56 bits per heavy atom. The SMILES string of the molecule is N#Cc1ccc(Cn2[nH]c(N)cc2=O)cc1. The van der Waals surface area contributed by atoms with Crippen LogP contribution >= 0.6 is 0 Å². The Bertz CT molecular complexity index is 586. The summed E-state index contributed by atoms with van der Waals surface area (Å²) in [6, 6.07) is 10.4. The maximum atomic E-state index is 11.4. The van der Waals surface area contributed by atoms with Crippen LogP contribution in [0.15, 0.2) is 35.1 Å². The van der Waals surface area contributed by atoms with E-state index in [0.29, 0.717) is 17.9 Å². The van der Waals surface area contributed by atoms with Crippen LogP contribution in [0.2, 0.25) is 0 Å². The Morgan fingerprint density at radius 2 is 2.06 bits per heavy atom. The van der Waals surface area contributed by atoms with Crippen molar-refractivity contribution in [1.82, 2.24) is 9.78 Å². The first-order chi connectivity index (χ1) is 7.69. The van der Waals surface area contributed by atoms with Gasteiger partial charge in [-0.1, -0.05) is 12.1 Å². The molecule has 0 saturated carbocycles. The molecule has 0 saturated heterocycles. The van der Waals surface area contributed by atoms with Crippen molar-refractivity contribution in [3.05, 3.63) is 51.8 Å². The molecule has 2 aromatic rings. The third-order valence-corrected chi connectivity index (χ3v) is 2.23. The van der Waals surface area contributed by atoms with Crippen molar-refractivity contribution in [2.45, 2.75) is 6.54 Å². The topological polar surface area (TPSA) is 87.6 Å². The highest BCUT2D eigenvalue weighted by Crippen LogP contribution is 2.04. The molecule has 2 rings (SSSR count). The van der Waals surface area contributed by atoms with Gasteiger partial charge in [0.25, 0.3) is 5.56 Å². The lowest BCUT2D eigenvalue weighted by Gasteiger charge is -2.01. The summed E-state index contributed by atoms with van der Waals surface area (Å²) >= 11 is 0. The zero-order chi connectivity index (χ0) is 11.5. The molecule has 0 aliphatic heterocycles. The molecule has 80 valence electrons. The highest BCUT2D eigenvalue weighted by atomic mass is 16.1. The molecule has 0 unspecified atom stereocenters. The summed E-state index contributed by atoms with van der Waals surface area (Å²) in [6.07, 6.45) is 0. The van der Waals surface area contributed by atoms with Crippen molar-refractivity contribution in [2.75, 3.05) is 5.73 Å². The zero-order valence-electron chi connectivity index (χ0n) is 8.47. The quantitative estimate of drug-likeness (QED) is 0.770. The molecule has 0 aliphatic rings. The normalized spacial score (nSPS) is 9.94. The summed E-state index contributed by atoms with van der Waals surface area (Å²) in [5, 5.41) is 11.4. The van der Waals surface area contributed by atoms with E-state index in [-0.39, 0.29) is 5.56 Å². The van der Waals surface area contributed by atoms with Gasteiger partial charge in [0.15, 0.2) is 0 Å². The lowest BCUT2D eigenvalue weighted by Crippen LogP contribution is -2.16. The summed E-state index contributed by atoms with van der Waals surface area (Å²) in [4.78, 5) is 11.4. The minimum absolute atomic E-state index is 0.165. The Hall–Kier alpha value is -2.48. The lowest BCUT2D eigenvalue weighted by molar-refractivity contribution is 0.667. The summed E-state index contributed by atoms with van der Waals surface area (Å²) < 4.78 is 1.41. The number of hydrogen-bond acceptors (Lipinski definition) is 3. The van der Waals surface area contributed by atoms with Crippen LogP contribution in [0.1, 0.15) is 11.1 Å². The average molecular weight is 214 g/mol. The monoisotopic (exact) mass is 214 g/mol. The van der Waals surface area contributed by atoms with Gasteiger partial charge in [-0.25, -0.2) is 4.68 Å². The number of aromatic amines is 1. The number of H-pyrrole nitrogens is 1. The fraction of sp³-hybridized carbons (Fsp3) is 0.0909. The van der Waals surface area contributed by atoms with Crippen LogP contribution in [0.5, 0.6) is 0 Å². The Kier molecular flexibility index (Phi) is 2.48. The second-order valence-electron chi connectivity index (χ2n) is 3.44. The minimum Gasteiger partial charge on any atom is -0.384 e. The number of hydrogen-bond donors (Lipinski definition) is 2. The van der Waals surface area contributed by atoms with Gasteiger partial charge >= 0.3 is 0 Å². The number of anilines is 1. The first-order valence-electron chi connectivity index (χ1n) is 4.73. The standard InChI is InChI=1S/C11H10N4O/c12-6-8-1-3-9(4-2-8)7-15-11(16)5-10(13)14-15/h1-5,14H,7,13H2. The van der Waals surface area contributed by atoms with Crippen molar-refractivity contribution in [3.8, 4) is 6.07 Å². The number of benzene rings is 1. The number of nitrogens with two attached hydrogens (primary N) is 1. The third-order valence-electron chi connectivity index (χ3n) is 2.23.